The molecule has 1 heterocycles. The summed E-state index contributed by atoms with van der Waals surface area (Å²) in [5, 5.41) is 0. The molecule has 1 saturated heterocycles. The van der Waals surface area contributed by atoms with Crippen LogP contribution in [0.3, 0.4) is 0 Å². The number of rotatable bonds is 1. The first-order valence-corrected chi connectivity index (χ1v) is 8.33. The van der Waals surface area contributed by atoms with E-state index in [4.69, 9.17) is 10.5 Å². The van der Waals surface area contributed by atoms with Gasteiger partial charge in [0.1, 0.15) is 5.75 Å². The maximum atomic E-state index is 6.17. The van der Waals surface area contributed by atoms with Gasteiger partial charge < -0.3 is 15.4 Å². The fourth-order valence-corrected chi connectivity index (χ4v) is 5.43. The summed E-state index contributed by atoms with van der Waals surface area (Å²) in [4.78, 5) is 2.59. The summed E-state index contributed by atoms with van der Waals surface area (Å²) in [5.41, 5.74) is 10.4. The van der Waals surface area contributed by atoms with E-state index in [-0.39, 0.29) is 0 Å². The van der Waals surface area contributed by atoms with Crippen molar-refractivity contribution in [1.82, 2.24) is 4.90 Å². The van der Waals surface area contributed by atoms with E-state index in [2.05, 4.69) is 24.1 Å². The van der Waals surface area contributed by atoms with Crippen molar-refractivity contribution in [3.8, 4) is 5.75 Å². The van der Waals surface area contributed by atoms with Gasteiger partial charge in [-0.2, -0.15) is 0 Å². The molecule has 0 radical (unpaired) electrons. The number of piperidine rings is 1. The Morgan fingerprint density at radius 1 is 1.29 bits per heavy atom. The number of nitrogen functional groups attached to an aromatic ring is 1. The molecule has 0 unspecified atom stereocenters. The van der Waals surface area contributed by atoms with Crippen LogP contribution in [-0.2, 0) is 11.8 Å². The first-order valence-electron chi connectivity index (χ1n) is 8.33. The second kappa shape index (κ2) is 4.64. The number of likely N-dealkylation sites (N-methyl/N-ethyl adjacent to an activating group) is 1. The van der Waals surface area contributed by atoms with E-state index in [0.717, 1.165) is 23.8 Å². The summed E-state index contributed by atoms with van der Waals surface area (Å²) < 4.78 is 5.51. The molecule has 3 aliphatic rings. The van der Waals surface area contributed by atoms with Gasteiger partial charge in [-0.15, -0.1) is 0 Å². The maximum Gasteiger partial charge on any atom is 0.142 e. The largest absolute Gasteiger partial charge is 0.495 e. The molecule has 0 spiro atoms. The van der Waals surface area contributed by atoms with E-state index in [1.54, 1.807) is 12.7 Å². The predicted molar refractivity (Wildman–Crippen MR) is 85.8 cm³/mol. The fraction of sp³-hybridized carbons (Fsp3) is 0.667. The van der Waals surface area contributed by atoms with E-state index >= 15 is 0 Å². The van der Waals surface area contributed by atoms with Gasteiger partial charge in [0.2, 0.25) is 0 Å². The normalized spacial score (nSPS) is 35.0. The number of anilines is 1. The lowest BCUT2D eigenvalue weighted by Gasteiger charge is -2.58. The van der Waals surface area contributed by atoms with E-state index in [0.29, 0.717) is 11.5 Å². The molecule has 3 atom stereocenters. The van der Waals surface area contributed by atoms with E-state index < -0.39 is 0 Å². The zero-order chi connectivity index (χ0) is 14.6. The molecule has 1 aliphatic heterocycles. The highest BCUT2D eigenvalue weighted by atomic mass is 16.5. The second-order valence-corrected chi connectivity index (χ2v) is 7.26. The van der Waals surface area contributed by atoms with Crippen molar-refractivity contribution < 1.29 is 4.74 Å². The molecule has 4 rings (SSSR count). The van der Waals surface area contributed by atoms with Crippen LogP contribution in [0.5, 0.6) is 5.75 Å². The third kappa shape index (κ3) is 1.76. The predicted octanol–water partition coefficient (Wildman–Crippen LogP) is 2.97. The van der Waals surface area contributed by atoms with Crippen LogP contribution >= 0.6 is 0 Å². The number of nitrogens with two attached hydrogens (primary N) is 1. The molecule has 3 heteroatoms. The Kier molecular flexibility index (Phi) is 2.97. The number of hydrogen-bond donors (Lipinski definition) is 1. The minimum Gasteiger partial charge on any atom is -0.495 e. The molecule has 1 aromatic rings. The molecule has 1 saturated carbocycles. The second-order valence-electron chi connectivity index (χ2n) is 7.26. The van der Waals surface area contributed by atoms with Crippen LogP contribution in [0.1, 0.15) is 43.2 Å². The molecule has 21 heavy (non-hydrogen) atoms. The number of fused-ring (bicyclic) bond motifs is 1. The highest BCUT2D eigenvalue weighted by Crippen LogP contribution is 2.56. The first-order chi connectivity index (χ1) is 10.2. The van der Waals surface area contributed by atoms with Crippen molar-refractivity contribution in [3.05, 3.63) is 23.3 Å². The molecule has 3 nitrogen and oxygen atoms in total. The molecule has 1 aromatic carbocycles. The van der Waals surface area contributed by atoms with E-state index in [9.17, 15) is 0 Å². The molecule has 0 aromatic heterocycles. The summed E-state index contributed by atoms with van der Waals surface area (Å²) in [7, 11) is 4.04. The van der Waals surface area contributed by atoms with Gasteiger partial charge in [0, 0.05) is 11.5 Å². The number of likely N-dealkylation sites (tertiary alicyclic amines) is 1. The van der Waals surface area contributed by atoms with Crippen molar-refractivity contribution >= 4 is 5.69 Å². The van der Waals surface area contributed by atoms with Gasteiger partial charge in [-0.3, -0.25) is 0 Å². The van der Waals surface area contributed by atoms with Gasteiger partial charge in [0.05, 0.1) is 12.8 Å². The van der Waals surface area contributed by atoms with Crippen molar-refractivity contribution in [2.75, 3.05) is 26.4 Å². The fourth-order valence-electron chi connectivity index (χ4n) is 5.43. The van der Waals surface area contributed by atoms with E-state index in [1.165, 1.54) is 44.2 Å². The van der Waals surface area contributed by atoms with Gasteiger partial charge in [-0.05, 0) is 68.5 Å². The van der Waals surface area contributed by atoms with Crippen molar-refractivity contribution in [2.24, 2.45) is 5.92 Å². The maximum absolute atomic E-state index is 6.17. The average molecular weight is 286 g/mol. The Balaban J connectivity index is 1.90. The minimum atomic E-state index is 0.393. The zero-order valence-electron chi connectivity index (χ0n) is 13.2. The Morgan fingerprint density at radius 3 is 2.95 bits per heavy atom. The summed E-state index contributed by atoms with van der Waals surface area (Å²) in [5.74, 6) is 1.69. The summed E-state index contributed by atoms with van der Waals surface area (Å²) in [6, 6.07) is 5.16. The molecule has 2 bridgehead atoms. The average Bonchev–Trinajstić information content (AvgIpc) is 2.50. The van der Waals surface area contributed by atoms with Crippen LogP contribution in [-0.4, -0.2) is 31.6 Å². The minimum absolute atomic E-state index is 0.393. The SMILES string of the molecule is COc1cc2c(cc1N)C[C@H]1[C@H]3CCCC[C@@]23CCN1C. The molecule has 0 amide bonds. The van der Waals surface area contributed by atoms with Gasteiger partial charge in [-0.25, -0.2) is 0 Å². The standard InChI is InChI=1S/C18H26N2O/c1-20-8-7-18-6-4-3-5-13(18)16(20)10-12-9-15(19)17(21-2)11-14(12)18/h9,11,13,16H,3-8,10,19H2,1-2H3/t13-,16+,18+/m1/s1. The molecular weight excluding hydrogens is 260 g/mol. The lowest BCUT2D eigenvalue weighted by molar-refractivity contribution is 0.00277. The Morgan fingerprint density at radius 2 is 2.14 bits per heavy atom. The lowest BCUT2D eigenvalue weighted by atomic mass is 9.52. The highest BCUT2D eigenvalue weighted by Gasteiger charge is 2.53. The van der Waals surface area contributed by atoms with Crippen molar-refractivity contribution in [3.63, 3.8) is 0 Å². The van der Waals surface area contributed by atoms with Gasteiger partial charge in [-0.1, -0.05) is 12.8 Å². The molecule has 2 fully saturated rings. The zero-order valence-corrected chi connectivity index (χ0v) is 13.2. The van der Waals surface area contributed by atoms with Crippen LogP contribution in [0.25, 0.3) is 0 Å². The third-order valence-electron chi connectivity index (χ3n) is 6.46. The summed E-state index contributed by atoms with van der Waals surface area (Å²) >= 11 is 0. The van der Waals surface area contributed by atoms with Gasteiger partial charge in [0.25, 0.3) is 0 Å². The monoisotopic (exact) mass is 286 g/mol. The molecule has 2 N–H and O–H groups in total. The Bertz CT molecular complexity index is 571. The lowest BCUT2D eigenvalue weighted by Crippen LogP contribution is -2.59. The number of ether oxygens (including phenoxy) is 1. The quantitative estimate of drug-likeness (QED) is 0.807. The van der Waals surface area contributed by atoms with Crippen LogP contribution in [0.15, 0.2) is 12.1 Å². The van der Waals surface area contributed by atoms with Crippen LogP contribution in [0.4, 0.5) is 5.69 Å². The topological polar surface area (TPSA) is 38.5 Å². The number of methoxy groups -OCH3 is 1. The third-order valence-corrected chi connectivity index (χ3v) is 6.46. The Hall–Kier alpha value is -1.22. The molecule has 114 valence electrons. The number of nitrogens with zero attached hydrogens (tertiary/aromatic N) is 1. The molecule has 2 aliphatic carbocycles. The number of benzene rings is 1. The summed E-state index contributed by atoms with van der Waals surface area (Å²) in [6.45, 7) is 1.23. The van der Waals surface area contributed by atoms with Crippen LogP contribution in [0, 0.1) is 5.92 Å². The van der Waals surface area contributed by atoms with Crippen LogP contribution < -0.4 is 10.5 Å². The van der Waals surface area contributed by atoms with Crippen molar-refractivity contribution in [2.45, 2.75) is 50.0 Å². The van der Waals surface area contributed by atoms with Crippen molar-refractivity contribution in [1.29, 1.82) is 0 Å². The number of hydrogen-bond acceptors (Lipinski definition) is 3. The first kappa shape index (κ1) is 13.4. The van der Waals surface area contributed by atoms with Gasteiger partial charge in [0.15, 0.2) is 0 Å². The molecular formula is C18H26N2O. The van der Waals surface area contributed by atoms with Crippen LogP contribution in [0.2, 0.25) is 0 Å². The summed E-state index contributed by atoms with van der Waals surface area (Å²) in [6.07, 6.45) is 7.97. The van der Waals surface area contributed by atoms with E-state index in [1.807, 2.05) is 0 Å². The smallest absolute Gasteiger partial charge is 0.142 e. The van der Waals surface area contributed by atoms with Gasteiger partial charge >= 0.3 is 0 Å². The Labute approximate surface area is 127 Å². The highest BCUT2D eigenvalue weighted by molar-refractivity contribution is 5.60.